The minimum atomic E-state index is -4.87. The lowest BCUT2D eigenvalue weighted by Crippen LogP contribution is -2.24. The average molecular weight is 317 g/mol. The fourth-order valence-corrected chi connectivity index (χ4v) is 2.63. The normalized spacial score (nSPS) is 11.6. The Labute approximate surface area is 121 Å². The maximum Gasteiger partial charge on any atom is 0.450 e. The highest BCUT2D eigenvalue weighted by Gasteiger charge is 2.38. The maximum atomic E-state index is 12.2. The molecule has 21 heavy (non-hydrogen) atoms. The van der Waals surface area contributed by atoms with Crippen LogP contribution in [0.25, 0.3) is 10.2 Å². The van der Waals surface area contributed by atoms with Gasteiger partial charge in [0.25, 0.3) is 0 Å². The number of alkyl halides is 3. The summed E-state index contributed by atoms with van der Waals surface area (Å²) in [6.07, 6.45) is -5.66. The lowest BCUT2D eigenvalue weighted by molar-refractivity contribution is -0.170. The van der Waals surface area contributed by atoms with Gasteiger partial charge in [0.05, 0.1) is 28.8 Å². The van der Waals surface area contributed by atoms with Gasteiger partial charge in [0.1, 0.15) is 5.01 Å². The van der Waals surface area contributed by atoms with Crippen LogP contribution in [0.2, 0.25) is 0 Å². The van der Waals surface area contributed by atoms with Crippen LogP contribution < -0.4 is 0 Å². The number of ether oxygens (including phenoxy) is 1. The minimum absolute atomic E-state index is 0.0633. The number of Topliss-reactive ketones (excluding diaryl/α,β-unsaturated/α-hetero) is 1. The maximum absolute atomic E-state index is 12.2. The number of rotatable bonds is 4. The third-order valence-electron chi connectivity index (χ3n) is 2.57. The van der Waals surface area contributed by atoms with Crippen LogP contribution in [0.3, 0.4) is 0 Å². The number of benzene rings is 1. The van der Waals surface area contributed by atoms with E-state index in [1.165, 1.54) is 18.2 Å². The summed E-state index contributed by atoms with van der Waals surface area (Å²) in [5.41, 5.74) is 0.736. The molecule has 2 rings (SSSR count). The van der Waals surface area contributed by atoms with Crippen LogP contribution in [0.4, 0.5) is 13.2 Å². The molecular formula is C13H10F3NO3S. The summed E-state index contributed by atoms with van der Waals surface area (Å²) in [6.45, 7) is 1.90. The first-order valence-corrected chi connectivity index (χ1v) is 6.79. The standard InChI is InChI=1S/C13H10F3NO3S/c1-2-20-12(19)7-3-4-8-9(5-7)21-11(17-8)6-10(18)13(14,15)16/h3-5H,2,6H2,1H3. The van der Waals surface area contributed by atoms with E-state index in [-0.39, 0.29) is 11.6 Å². The molecule has 1 aromatic heterocycles. The average Bonchev–Trinajstić information content (AvgIpc) is 2.78. The van der Waals surface area contributed by atoms with Crippen LogP contribution in [0.15, 0.2) is 18.2 Å². The Bertz CT molecular complexity index is 694. The molecule has 0 saturated heterocycles. The molecule has 112 valence electrons. The van der Waals surface area contributed by atoms with E-state index in [9.17, 15) is 22.8 Å². The van der Waals surface area contributed by atoms with Crippen LogP contribution in [0.1, 0.15) is 22.3 Å². The van der Waals surface area contributed by atoms with E-state index < -0.39 is 24.3 Å². The number of hydrogen-bond donors (Lipinski definition) is 0. The van der Waals surface area contributed by atoms with Crippen LogP contribution in [-0.4, -0.2) is 29.5 Å². The quantitative estimate of drug-likeness (QED) is 0.813. The molecule has 0 amide bonds. The number of nitrogens with zero attached hydrogens (tertiary/aromatic N) is 1. The molecule has 0 N–H and O–H groups in total. The number of carbonyl (C=O) groups excluding carboxylic acids is 2. The van der Waals surface area contributed by atoms with E-state index in [4.69, 9.17) is 4.74 Å². The smallest absolute Gasteiger partial charge is 0.450 e. The first-order valence-electron chi connectivity index (χ1n) is 5.98. The van der Waals surface area contributed by atoms with E-state index in [1.54, 1.807) is 6.92 Å². The van der Waals surface area contributed by atoms with Crippen molar-refractivity contribution >= 4 is 33.3 Å². The third-order valence-corrected chi connectivity index (χ3v) is 3.59. The zero-order valence-corrected chi connectivity index (χ0v) is 11.7. The number of hydrogen-bond acceptors (Lipinski definition) is 5. The lowest BCUT2D eigenvalue weighted by atomic mass is 10.2. The molecule has 0 bridgehead atoms. The lowest BCUT2D eigenvalue weighted by Gasteiger charge is -2.01. The molecule has 0 aliphatic heterocycles. The number of carbonyl (C=O) groups is 2. The van der Waals surface area contributed by atoms with E-state index in [2.05, 4.69) is 4.98 Å². The monoisotopic (exact) mass is 317 g/mol. The highest BCUT2D eigenvalue weighted by atomic mass is 32.1. The zero-order chi connectivity index (χ0) is 15.6. The van der Waals surface area contributed by atoms with Gasteiger partial charge in [-0.25, -0.2) is 9.78 Å². The van der Waals surface area contributed by atoms with Crippen LogP contribution in [0.5, 0.6) is 0 Å². The second-order valence-corrected chi connectivity index (χ2v) is 5.22. The molecule has 0 radical (unpaired) electrons. The van der Waals surface area contributed by atoms with Gasteiger partial charge in [-0.15, -0.1) is 11.3 Å². The molecule has 0 unspecified atom stereocenters. The molecular weight excluding hydrogens is 307 g/mol. The summed E-state index contributed by atoms with van der Waals surface area (Å²) in [5.74, 6) is -2.35. The van der Waals surface area contributed by atoms with Crippen molar-refractivity contribution in [3.8, 4) is 0 Å². The fourth-order valence-electron chi connectivity index (χ4n) is 1.63. The Balaban J connectivity index is 2.26. The van der Waals surface area contributed by atoms with Gasteiger partial charge in [-0.05, 0) is 25.1 Å². The largest absolute Gasteiger partial charge is 0.462 e. The SMILES string of the molecule is CCOC(=O)c1ccc2nc(CC(=O)C(F)(F)F)sc2c1. The molecule has 0 atom stereocenters. The number of esters is 1. The second-order valence-electron chi connectivity index (χ2n) is 4.11. The van der Waals surface area contributed by atoms with Gasteiger partial charge in [0, 0.05) is 0 Å². The molecule has 0 saturated carbocycles. The number of ketones is 1. The summed E-state index contributed by atoms with van der Waals surface area (Å²) in [5, 5.41) is 0.0633. The minimum Gasteiger partial charge on any atom is -0.462 e. The van der Waals surface area contributed by atoms with Crippen LogP contribution in [-0.2, 0) is 16.0 Å². The van der Waals surface area contributed by atoms with E-state index in [0.717, 1.165) is 11.3 Å². The van der Waals surface area contributed by atoms with Crippen molar-refractivity contribution in [2.75, 3.05) is 6.61 Å². The Morgan fingerprint density at radius 3 is 2.67 bits per heavy atom. The highest BCUT2D eigenvalue weighted by Crippen LogP contribution is 2.26. The van der Waals surface area contributed by atoms with Crippen molar-refractivity contribution in [1.29, 1.82) is 0 Å². The Hall–Kier alpha value is -1.96. The summed E-state index contributed by atoms with van der Waals surface area (Å²) >= 11 is 0.952. The molecule has 1 heterocycles. The van der Waals surface area contributed by atoms with Crippen molar-refractivity contribution in [2.45, 2.75) is 19.5 Å². The first kappa shape index (κ1) is 15.4. The summed E-state index contributed by atoms with van der Waals surface area (Å²) < 4.78 is 42.0. The Morgan fingerprint density at radius 1 is 1.33 bits per heavy atom. The van der Waals surface area contributed by atoms with Crippen molar-refractivity contribution in [3.05, 3.63) is 28.8 Å². The van der Waals surface area contributed by atoms with Crippen molar-refractivity contribution in [2.24, 2.45) is 0 Å². The van der Waals surface area contributed by atoms with Gasteiger partial charge in [-0.2, -0.15) is 13.2 Å². The van der Waals surface area contributed by atoms with Gasteiger partial charge in [0.2, 0.25) is 5.78 Å². The molecule has 0 aliphatic carbocycles. The van der Waals surface area contributed by atoms with Gasteiger partial charge in [-0.3, -0.25) is 4.79 Å². The first-order chi connectivity index (χ1) is 9.81. The van der Waals surface area contributed by atoms with Gasteiger partial charge in [-0.1, -0.05) is 0 Å². The Kier molecular flexibility index (Phi) is 4.26. The number of thiazole rings is 1. The second kappa shape index (κ2) is 5.80. The number of halogens is 3. The molecule has 2 aromatic rings. The third kappa shape index (κ3) is 3.57. The van der Waals surface area contributed by atoms with Gasteiger partial charge >= 0.3 is 12.1 Å². The predicted molar refractivity (Wildman–Crippen MR) is 70.3 cm³/mol. The molecule has 0 spiro atoms. The van der Waals surface area contributed by atoms with Crippen molar-refractivity contribution < 1.29 is 27.5 Å². The van der Waals surface area contributed by atoms with Gasteiger partial charge in [0.15, 0.2) is 0 Å². The van der Waals surface area contributed by atoms with Crippen molar-refractivity contribution in [3.63, 3.8) is 0 Å². The molecule has 0 fully saturated rings. The predicted octanol–water partition coefficient (Wildman–Crippen LogP) is 3.15. The van der Waals surface area contributed by atoms with Crippen LogP contribution in [0, 0.1) is 0 Å². The molecule has 0 aliphatic rings. The van der Waals surface area contributed by atoms with E-state index in [1.807, 2.05) is 0 Å². The summed E-state index contributed by atoms with van der Waals surface area (Å²) in [6, 6.07) is 4.49. The molecule has 1 aromatic carbocycles. The van der Waals surface area contributed by atoms with E-state index in [0.29, 0.717) is 15.8 Å². The van der Waals surface area contributed by atoms with Crippen LogP contribution >= 0.6 is 11.3 Å². The zero-order valence-electron chi connectivity index (χ0n) is 10.9. The van der Waals surface area contributed by atoms with E-state index >= 15 is 0 Å². The summed E-state index contributed by atoms with van der Waals surface area (Å²) in [7, 11) is 0. The fraction of sp³-hybridized carbons (Fsp3) is 0.308. The molecule has 4 nitrogen and oxygen atoms in total. The topological polar surface area (TPSA) is 56.3 Å². The Morgan fingerprint density at radius 2 is 2.05 bits per heavy atom. The number of aromatic nitrogens is 1. The summed E-state index contributed by atoms with van der Waals surface area (Å²) in [4.78, 5) is 26.5. The molecule has 8 heteroatoms. The highest BCUT2D eigenvalue weighted by molar-refractivity contribution is 7.18. The van der Waals surface area contributed by atoms with Gasteiger partial charge < -0.3 is 4.74 Å². The van der Waals surface area contributed by atoms with Crippen molar-refractivity contribution in [1.82, 2.24) is 4.98 Å². The number of fused-ring (bicyclic) bond motifs is 1.